The zero-order valence-electron chi connectivity index (χ0n) is 14.6. The lowest BCUT2D eigenvalue weighted by molar-refractivity contribution is -0.120. The van der Waals surface area contributed by atoms with Gasteiger partial charge in [0.2, 0.25) is 5.91 Å². The largest absolute Gasteiger partial charge is 0.352 e. The van der Waals surface area contributed by atoms with Gasteiger partial charge in [-0.2, -0.15) is 5.10 Å². The fourth-order valence-electron chi connectivity index (χ4n) is 2.89. The highest BCUT2D eigenvalue weighted by molar-refractivity contribution is 9.10. The molecule has 3 rings (SSSR count). The summed E-state index contributed by atoms with van der Waals surface area (Å²) in [6.45, 7) is 4.14. The molecule has 26 heavy (non-hydrogen) atoms. The first kappa shape index (κ1) is 18.3. The van der Waals surface area contributed by atoms with Crippen molar-refractivity contribution in [3.8, 4) is 5.69 Å². The summed E-state index contributed by atoms with van der Waals surface area (Å²) in [7, 11) is 0. The van der Waals surface area contributed by atoms with Gasteiger partial charge < -0.3 is 5.32 Å². The average Bonchev–Trinajstić information content (AvgIpc) is 2.88. The van der Waals surface area contributed by atoms with Crippen LogP contribution in [0.25, 0.3) is 5.69 Å². The van der Waals surface area contributed by atoms with Crippen LogP contribution in [0, 0.1) is 19.7 Å². The van der Waals surface area contributed by atoms with Crippen LogP contribution in [0.5, 0.6) is 0 Å². The highest BCUT2D eigenvalue weighted by atomic mass is 79.9. The minimum atomic E-state index is -0.334. The number of nitrogens with one attached hydrogen (secondary N) is 1. The fourth-order valence-corrected chi connectivity index (χ4v) is 3.40. The number of nitrogens with zero attached hydrogens (tertiary/aromatic N) is 2. The molecule has 0 saturated heterocycles. The average molecular weight is 416 g/mol. The highest BCUT2D eigenvalue weighted by Gasteiger charge is 2.15. The van der Waals surface area contributed by atoms with Crippen molar-refractivity contribution < 1.29 is 9.18 Å². The molecular formula is C20H19BrFN3O. The van der Waals surface area contributed by atoms with Gasteiger partial charge in [-0.15, -0.1) is 0 Å². The van der Waals surface area contributed by atoms with Gasteiger partial charge in [0.25, 0.3) is 0 Å². The Morgan fingerprint density at radius 3 is 2.62 bits per heavy atom. The molecule has 0 atom stereocenters. The normalized spacial score (nSPS) is 10.8. The topological polar surface area (TPSA) is 46.9 Å². The van der Waals surface area contributed by atoms with E-state index in [4.69, 9.17) is 0 Å². The maximum absolute atomic E-state index is 13.4. The molecule has 0 aliphatic heterocycles. The van der Waals surface area contributed by atoms with E-state index < -0.39 is 0 Å². The number of carbonyl (C=O) groups is 1. The molecule has 4 nitrogen and oxygen atoms in total. The van der Waals surface area contributed by atoms with Crippen LogP contribution in [-0.2, 0) is 17.8 Å². The second-order valence-corrected chi connectivity index (χ2v) is 7.04. The lowest BCUT2D eigenvalue weighted by Gasteiger charge is -2.07. The number of aryl methyl sites for hydroxylation is 1. The van der Waals surface area contributed by atoms with Gasteiger partial charge in [-0.05, 0) is 49.7 Å². The molecule has 0 spiro atoms. The van der Waals surface area contributed by atoms with Gasteiger partial charge in [-0.3, -0.25) is 4.79 Å². The molecule has 3 aromatic rings. The number of carbonyl (C=O) groups excluding carboxylic acids is 1. The summed E-state index contributed by atoms with van der Waals surface area (Å²) in [5.74, 6) is -0.455. The van der Waals surface area contributed by atoms with Crippen LogP contribution in [0.15, 0.2) is 53.0 Å². The molecule has 1 N–H and O–H groups in total. The van der Waals surface area contributed by atoms with E-state index in [9.17, 15) is 9.18 Å². The number of aromatic nitrogens is 2. The lowest BCUT2D eigenvalue weighted by Crippen LogP contribution is -2.25. The summed E-state index contributed by atoms with van der Waals surface area (Å²) < 4.78 is 15.9. The van der Waals surface area contributed by atoms with Crippen LogP contribution >= 0.6 is 15.9 Å². The molecule has 0 fully saturated rings. The molecule has 1 aromatic heterocycles. The van der Waals surface area contributed by atoms with Gasteiger partial charge in [-0.1, -0.05) is 34.1 Å². The third kappa shape index (κ3) is 4.19. The van der Waals surface area contributed by atoms with E-state index in [1.165, 1.54) is 12.1 Å². The van der Waals surface area contributed by atoms with E-state index in [0.717, 1.165) is 22.6 Å². The van der Waals surface area contributed by atoms with Gasteiger partial charge in [0.15, 0.2) is 0 Å². The van der Waals surface area contributed by atoms with E-state index in [2.05, 4.69) is 26.3 Å². The predicted octanol–water partition coefficient (Wildman–Crippen LogP) is 4.25. The molecule has 0 saturated carbocycles. The number of amides is 1. The maximum Gasteiger partial charge on any atom is 0.224 e. The molecule has 1 amide bonds. The van der Waals surface area contributed by atoms with Crippen LogP contribution in [0.4, 0.5) is 4.39 Å². The molecule has 0 aliphatic rings. The summed E-state index contributed by atoms with van der Waals surface area (Å²) in [5.41, 5.74) is 4.35. The van der Waals surface area contributed by atoms with E-state index >= 15 is 0 Å². The summed E-state index contributed by atoms with van der Waals surface area (Å²) in [6.07, 6.45) is 0.237. The molecule has 134 valence electrons. The number of hydrogen-bond donors (Lipinski definition) is 1. The molecule has 0 unspecified atom stereocenters. The van der Waals surface area contributed by atoms with Gasteiger partial charge in [0.05, 0.1) is 17.8 Å². The monoisotopic (exact) mass is 415 g/mol. The zero-order valence-corrected chi connectivity index (χ0v) is 16.2. The summed E-state index contributed by atoms with van der Waals surface area (Å²) >= 11 is 3.25. The number of benzene rings is 2. The Morgan fingerprint density at radius 1 is 1.19 bits per heavy atom. The van der Waals surface area contributed by atoms with E-state index in [0.29, 0.717) is 10.0 Å². The third-order valence-corrected chi connectivity index (χ3v) is 4.65. The Hall–Kier alpha value is -2.47. The Balaban J connectivity index is 1.71. The summed E-state index contributed by atoms with van der Waals surface area (Å²) in [6, 6.07) is 14.4. The van der Waals surface area contributed by atoms with E-state index in [1.54, 1.807) is 6.07 Å². The minimum Gasteiger partial charge on any atom is -0.352 e. The third-order valence-electron chi connectivity index (χ3n) is 4.19. The van der Waals surface area contributed by atoms with Crippen LogP contribution in [-0.4, -0.2) is 15.7 Å². The van der Waals surface area contributed by atoms with Gasteiger partial charge in [-0.25, -0.2) is 9.07 Å². The van der Waals surface area contributed by atoms with Crippen molar-refractivity contribution in [3.05, 3.63) is 81.3 Å². The van der Waals surface area contributed by atoms with Crippen LogP contribution in [0.1, 0.15) is 22.5 Å². The Bertz CT molecular complexity index is 917. The Kier molecular flexibility index (Phi) is 5.52. The first-order valence-electron chi connectivity index (χ1n) is 8.26. The van der Waals surface area contributed by atoms with Crippen LogP contribution < -0.4 is 5.32 Å². The highest BCUT2D eigenvalue weighted by Crippen LogP contribution is 2.19. The quantitative estimate of drug-likeness (QED) is 0.676. The van der Waals surface area contributed by atoms with Crippen molar-refractivity contribution in [2.75, 3.05) is 0 Å². The van der Waals surface area contributed by atoms with Crippen LogP contribution in [0.2, 0.25) is 0 Å². The Labute approximate surface area is 160 Å². The molecule has 0 radical (unpaired) electrons. The van der Waals surface area contributed by atoms with Gasteiger partial charge in [0, 0.05) is 22.3 Å². The summed E-state index contributed by atoms with van der Waals surface area (Å²) in [5, 5.41) is 7.40. The van der Waals surface area contributed by atoms with Gasteiger partial charge in [0.1, 0.15) is 5.82 Å². The van der Waals surface area contributed by atoms with Crippen molar-refractivity contribution in [2.24, 2.45) is 0 Å². The second-order valence-electron chi connectivity index (χ2n) is 6.13. The van der Waals surface area contributed by atoms with Crippen molar-refractivity contribution in [1.82, 2.24) is 15.1 Å². The lowest BCUT2D eigenvalue weighted by atomic mass is 10.1. The first-order valence-corrected chi connectivity index (χ1v) is 9.05. The maximum atomic E-state index is 13.4. The number of rotatable bonds is 5. The minimum absolute atomic E-state index is 0.121. The second kappa shape index (κ2) is 7.83. The van der Waals surface area contributed by atoms with Crippen LogP contribution in [0.3, 0.4) is 0 Å². The smallest absolute Gasteiger partial charge is 0.224 e. The van der Waals surface area contributed by atoms with Crippen molar-refractivity contribution in [3.63, 3.8) is 0 Å². The van der Waals surface area contributed by atoms with E-state index in [-0.39, 0.29) is 24.7 Å². The van der Waals surface area contributed by atoms with Crippen molar-refractivity contribution >= 4 is 21.8 Å². The molecule has 0 aliphatic carbocycles. The zero-order chi connectivity index (χ0) is 18.7. The predicted molar refractivity (Wildman–Crippen MR) is 103 cm³/mol. The Morgan fingerprint density at radius 2 is 1.92 bits per heavy atom. The molecule has 0 bridgehead atoms. The SMILES string of the molecule is Cc1nn(-c2ccccc2)c(C)c1CC(=O)NCc1cc(F)cc(Br)c1. The first-order chi connectivity index (χ1) is 12.4. The number of para-hydroxylation sites is 1. The molecular weight excluding hydrogens is 397 g/mol. The number of hydrogen-bond acceptors (Lipinski definition) is 2. The molecule has 6 heteroatoms. The summed E-state index contributed by atoms with van der Waals surface area (Å²) in [4.78, 5) is 12.4. The van der Waals surface area contributed by atoms with Crippen molar-refractivity contribution in [1.29, 1.82) is 0 Å². The number of halogens is 2. The standard InChI is InChI=1S/C20H19BrFN3O/c1-13-19(14(2)25(24-13)18-6-4-3-5-7-18)11-20(26)23-12-15-8-16(21)10-17(22)9-15/h3-10H,11-12H2,1-2H3,(H,23,26). The van der Waals surface area contributed by atoms with Gasteiger partial charge >= 0.3 is 0 Å². The van der Waals surface area contributed by atoms with Crippen molar-refractivity contribution in [2.45, 2.75) is 26.8 Å². The van der Waals surface area contributed by atoms with E-state index in [1.807, 2.05) is 48.9 Å². The fraction of sp³-hybridized carbons (Fsp3) is 0.200. The molecule has 1 heterocycles. The molecule has 2 aromatic carbocycles.